The first kappa shape index (κ1) is 27.7. The molecule has 0 spiro atoms. The second kappa shape index (κ2) is 10.3. The Morgan fingerprint density at radius 3 is 1.79 bits per heavy atom. The number of ether oxygens (including phenoxy) is 1. The third-order valence-corrected chi connectivity index (χ3v) is 10.9. The molecule has 0 N–H and O–H groups in total. The van der Waals surface area contributed by atoms with Gasteiger partial charge in [-0.3, -0.25) is 0 Å². The van der Waals surface area contributed by atoms with Gasteiger partial charge in [0.15, 0.2) is 11.5 Å². The van der Waals surface area contributed by atoms with E-state index in [-0.39, 0.29) is 0 Å². The summed E-state index contributed by atoms with van der Waals surface area (Å²) < 4.78 is 17.3. The van der Waals surface area contributed by atoms with Crippen molar-refractivity contribution in [1.29, 1.82) is 0 Å². The van der Waals surface area contributed by atoms with Crippen LogP contribution in [0.5, 0.6) is 11.5 Å². The highest BCUT2D eigenvalue weighted by atomic mass is 16.5. The minimum absolute atomic E-state index is 0.865. The number of furan rings is 1. The number of benzene rings is 8. The van der Waals surface area contributed by atoms with Crippen LogP contribution in [0, 0.1) is 0 Å². The maximum atomic E-state index is 6.46. The lowest BCUT2D eigenvalue weighted by Crippen LogP contribution is -2.04. The molecule has 8 aromatic carbocycles. The van der Waals surface area contributed by atoms with Crippen LogP contribution in [-0.2, 0) is 0 Å². The minimum Gasteiger partial charge on any atom is -0.456 e. The topological polar surface area (TPSA) is 32.2 Å². The molecular weight excluding hydrogens is 637 g/mol. The number of hydrogen-bond donors (Lipinski definition) is 0. The van der Waals surface area contributed by atoms with Gasteiger partial charge < -0.3 is 18.3 Å². The van der Waals surface area contributed by atoms with Gasteiger partial charge in [0.1, 0.15) is 11.2 Å². The lowest BCUT2D eigenvalue weighted by atomic mass is 10.0. The standard InChI is InChI=1S/C48H28N2O2/c1-5-13-41-34(8-1)37-11-7-15-47-48(37)50(41)43-28-32(20-25-46(43)52-47)29-16-21-33(22-17-29)49-40-12-4-2-9-35(40)38-26-30(18-23-42(38)49)31-19-24-45-39(27-31)36-10-3-6-14-44(36)51-45/h1-28H. The summed E-state index contributed by atoms with van der Waals surface area (Å²) >= 11 is 0. The second-order valence-electron chi connectivity index (χ2n) is 13.7. The van der Waals surface area contributed by atoms with E-state index in [9.17, 15) is 0 Å². The molecule has 52 heavy (non-hydrogen) atoms. The Morgan fingerprint density at radius 1 is 0.346 bits per heavy atom. The maximum Gasteiger partial charge on any atom is 0.152 e. The zero-order chi connectivity index (χ0) is 33.9. The van der Waals surface area contributed by atoms with Crippen molar-refractivity contribution in [2.24, 2.45) is 0 Å². The van der Waals surface area contributed by atoms with E-state index in [1.165, 1.54) is 49.2 Å². The number of nitrogens with zero attached hydrogens (tertiary/aromatic N) is 2. The molecule has 0 aliphatic carbocycles. The molecule has 1 aliphatic rings. The van der Waals surface area contributed by atoms with Crippen molar-refractivity contribution in [2.75, 3.05) is 0 Å². The first-order chi connectivity index (χ1) is 25.8. The zero-order valence-electron chi connectivity index (χ0n) is 27.9. The molecule has 4 heteroatoms. The Hall–Kier alpha value is -7.04. The maximum absolute atomic E-state index is 6.46. The molecule has 11 aromatic rings. The molecule has 0 radical (unpaired) electrons. The third-order valence-electron chi connectivity index (χ3n) is 10.9. The van der Waals surface area contributed by atoms with Crippen molar-refractivity contribution in [3.05, 3.63) is 170 Å². The third kappa shape index (κ3) is 3.81. The van der Waals surface area contributed by atoms with Crippen LogP contribution in [0.1, 0.15) is 0 Å². The van der Waals surface area contributed by atoms with Gasteiger partial charge in [-0.15, -0.1) is 0 Å². The Bertz CT molecular complexity index is 3270. The molecule has 3 aromatic heterocycles. The van der Waals surface area contributed by atoms with E-state index in [0.717, 1.165) is 61.5 Å². The average molecular weight is 665 g/mol. The van der Waals surface area contributed by atoms with Crippen molar-refractivity contribution in [3.63, 3.8) is 0 Å². The van der Waals surface area contributed by atoms with Crippen molar-refractivity contribution in [3.8, 4) is 45.1 Å². The fourth-order valence-corrected chi connectivity index (χ4v) is 8.54. The summed E-state index contributed by atoms with van der Waals surface area (Å²) in [6.07, 6.45) is 0. The van der Waals surface area contributed by atoms with E-state index in [4.69, 9.17) is 9.15 Å². The highest BCUT2D eigenvalue weighted by Gasteiger charge is 2.24. The van der Waals surface area contributed by atoms with Gasteiger partial charge in [-0.25, -0.2) is 0 Å². The van der Waals surface area contributed by atoms with Crippen LogP contribution in [-0.4, -0.2) is 9.13 Å². The van der Waals surface area contributed by atoms with E-state index < -0.39 is 0 Å². The summed E-state index contributed by atoms with van der Waals surface area (Å²) in [5.74, 6) is 1.76. The molecule has 0 saturated heterocycles. The van der Waals surface area contributed by atoms with Gasteiger partial charge in [-0.05, 0) is 95.1 Å². The highest BCUT2D eigenvalue weighted by molar-refractivity contribution is 6.13. The van der Waals surface area contributed by atoms with Crippen LogP contribution in [0.2, 0.25) is 0 Å². The van der Waals surface area contributed by atoms with Crippen molar-refractivity contribution < 1.29 is 9.15 Å². The Labute approximate surface area is 297 Å². The monoisotopic (exact) mass is 664 g/mol. The molecular formula is C48H28N2O2. The molecule has 0 bridgehead atoms. The van der Waals surface area contributed by atoms with Gasteiger partial charge in [0.2, 0.25) is 0 Å². The smallest absolute Gasteiger partial charge is 0.152 e. The molecule has 0 saturated carbocycles. The summed E-state index contributed by atoms with van der Waals surface area (Å²) in [5.41, 5.74) is 13.4. The van der Waals surface area contributed by atoms with Crippen LogP contribution < -0.4 is 4.74 Å². The summed E-state index contributed by atoms with van der Waals surface area (Å²) in [6, 6.07) is 60.7. The van der Waals surface area contributed by atoms with Gasteiger partial charge in [-0.1, -0.05) is 97.1 Å². The van der Waals surface area contributed by atoms with Gasteiger partial charge in [0, 0.05) is 38.0 Å². The van der Waals surface area contributed by atoms with Crippen LogP contribution in [0.3, 0.4) is 0 Å². The molecule has 12 rings (SSSR count). The summed E-state index contributed by atoms with van der Waals surface area (Å²) in [7, 11) is 0. The van der Waals surface area contributed by atoms with Gasteiger partial charge in [0.25, 0.3) is 0 Å². The minimum atomic E-state index is 0.865. The normalized spacial score (nSPS) is 12.4. The summed E-state index contributed by atoms with van der Waals surface area (Å²) in [4.78, 5) is 0. The molecule has 0 fully saturated rings. The summed E-state index contributed by atoms with van der Waals surface area (Å²) in [5, 5.41) is 7.19. The largest absolute Gasteiger partial charge is 0.456 e. The fraction of sp³-hybridized carbons (Fsp3) is 0. The number of hydrogen-bond acceptors (Lipinski definition) is 2. The van der Waals surface area contributed by atoms with Crippen LogP contribution >= 0.6 is 0 Å². The van der Waals surface area contributed by atoms with Crippen LogP contribution in [0.25, 0.3) is 99.2 Å². The van der Waals surface area contributed by atoms with E-state index in [1.807, 2.05) is 12.1 Å². The molecule has 4 heterocycles. The van der Waals surface area contributed by atoms with Gasteiger partial charge >= 0.3 is 0 Å². The Kier molecular flexibility index (Phi) is 5.47. The number of aromatic nitrogens is 2. The Balaban J connectivity index is 0.960. The predicted molar refractivity (Wildman–Crippen MR) is 213 cm³/mol. The van der Waals surface area contributed by atoms with Crippen molar-refractivity contribution in [2.45, 2.75) is 0 Å². The molecule has 242 valence electrons. The SMILES string of the molecule is c1ccc2c(c1)oc1ccc(-c3ccc4c(c3)c3ccccc3n4-c3ccc(-c4ccc5c(c4)-n4c6ccccc6c6cccc(c64)O5)cc3)cc12. The van der Waals surface area contributed by atoms with Crippen LogP contribution in [0.4, 0.5) is 0 Å². The quantitative estimate of drug-likeness (QED) is 0.188. The number of rotatable bonds is 3. The Morgan fingerprint density at radius 2 is 0.942 bits per heavy atom. The summed E-state index contributed by atoms with van der Waals surface area (Å²) in [6.45, 7) is 0. The first-order valence-electron chi connectivity index (χ1n) is 17.7. The van der Waals surface area contributed by atoms with Gasteiger partial charge in [0.05, 0.1) is 27.8 Å². The van der Waals surface area contributed by atoms with Crippen molar-refractivity contribution >= 4 is 65.6 Å². The number of para-hydroxylation sites is 4. The van der Waals surface area contributed by atoms with E-state index in [0.29, 0.717) is 0 Å². The average Bonchev–Trinajstić information content (AvgIpc) is 3.86. The molecule has 0 amide bonds. The molecule has 0 atom stereocenters. The highest BCUT2D eigenvalue weighted by Crippen LogP contribution is 2.46. The van der Waals surface area contributed by atoms with E-state index in [1.54, 1.807) is 0 Å². The lowest BCUT2D eigenvalue weighted by molar-refractivity contribution is 0.476. The predicted octanol–water partition coefficient (Wildman–Crippen LogP) is 13.2. The van der Waals surface area contributed by atoms with E-state index >= 15 is 0 Å². The zero-order valence-corrected chi connectivity index (χ0v) is 27.9. The number of fused-ring (bicyclic) bond motifs is 11. The lowest BCUT2D eigenvalue weighted by Gasteiger charge is -2.21. The first-order valence-corrected chi connectivity index (χ1v) is 17.7. The molecule has 0 unspecified atom stereocenters. The van der Waals surface area contributed by atoms with Crippen LogP contribution in [0.15, 0.2) is 174 Å². The van der Waals surface area contributed by atoms with Crippen molar-refractivity contribution in [1.82, 2.24) is 9.13 Å². The van der Waals surface area contributed by atoms with Gasteiger partial charge in [-0.2, -0.15) is 0 Å². The molecule has 4 nitrogen and oxygen atoms in total. The second-order valence-corrected chi connectivity index (χ2v) is 13.7. The van der Waals surface area contributed by atoms with E-state index in [2.05, 4.69) is 167 Å². The molecule has 1 aliphatic heterocycles. The fourth-order valence-electron chi connectivity index (χ4n) is 8.54.